The van der Waals surface area contributed by atoms with Crippen LogP contribution in [-0.2, 0) is 9.59 Å². The van der Waals surface area contributed by atoms with E-state index in [-0.39, 0.29) is 23.9 Å². The summed E-state index contributed by atoms with van der Waals surface area (Å²) in [6.07, 6.45) is 0.617. The van der Waals surface area contributed by atoms with Gasteiger partial charge >= 0.3 is 0 Å². The minimum Gasteiger partial charge on any atom is -0.351 e. The van der Waals surface area contributed by atoms with E-state index in [1.807, 2.05) is 27.7 Å². The second-order valence-corrected chi connectivity index (χ2v) is 6.19. The van der Waals surface area contributed by atoms with Crippen molar-refractivity contribution in [1.29, 1.82) is 0 Å². The first-order valence-electron chi connectivity index (χ1n) is 6.51. The first-order chi connectivity index (χ1) is 8.53. The fraction of sp³-hybridized carbons (Fsp3) is 0.846. The van der Waals surface area contributed by atoms with Gasteiger partial charge in [0.1, 0.15) is 0 Å². The Balaban J connectivity index is 4.62. The van der Waals surface area contributed by atoms with Crippen molar-refractivity contribution in [2.45, 2.75) is 58.2 Å². The summed E-state index contributed by atoms with van der Waals surface area (Å²) in [7, 11) is 1.70. The number of nitrogens with two attached hydrogens (primary N) is 1. The number of amides is 2. The fourth-order valence-corrected chi connectivity index (χ4v) is 2.45. The topological polar surface area (TPSA) is 96.2 Å². The molecule has 0 radical (unpaired) electrons. The Labute approximate surface area is 115 Å². The van der Waals surface area contributed by atoms with Crippen molar-refractivity contribution < 1.29 is 9.59 Å². The average Bonchev–Trinajstić information content (AvgIpc) is 2.13. The normalized spacial score (nSPS) is 13.8. The Morgan fingerprint density at radius 2 is 1.58 bits per heavy atom. The van der Waals surface area contributed by atoms with E-state index in [0.29, 0.717) is 6.42 Å². The summed E-state index contributed by atoms with van der Waals surface area (Å²) >= 11 is 0. The summed E-state index contributed by atoms with van der Waals surface area (Å²) in [5, 5.41) is 8.69. The Morgan fingerprint density at radius 3 is 1.95 bits per heavy atom. The number of nitrogens with one attached hydrogen (secondary N) is 3. The molecule has 1 atom stereocenters. The summed E-state index contributed by atoms with van der Waals surface area (Å²) in [5.74, 6) is -0.212. The molecule has 0 aromatic carbocycles. The van der Waals surface area contributed by atoms with E-state index in [1.54, 1.807) is 7.05 Å². The molecule has 2 amide bonds. The lowest BCUT2D eigenvalue weighted by Gasteiger charge is -2.36. The van der Waals surface area contributed by atoms with Gasteiger partial charge in [-0.25, -0.2) is 0 Å². The molecule has 19 heavy (non-hydrogen) atoms. The van der Waals surface area contributed by atoms with Gasteiger partial charge in [0, 0.05) is 24.5 Å². The zero-order chi connectivity index (χ0) is 15.3. The molecule has 0 saturated carbocycles. The monoisotopic (exact) mass is 272 g/mol. The molecule has 0 aliphatic rings. The van der Waals surface area contributed by atoms with Crippen LogP contribution in [0.15, 0.2) is 0 Å². The maximum Gasteiger partial charge on any atom is 0.238 e. The molecule has 0 rings (SSSR count). The molecule has 0 aromatic rings. The predicted octanol–water partition coefficient (Wildman–Crippen LogP) is -0.267. The quantitative estimate of drug-likeness (QED) is 0.513. The summed E-state index contributed by atoms with van der Waals surface area (Å²) in [5.41, 5.74) is 4.69. The van der Waals surface area contributed by atoms with Gasteiger partial charge in [0.25, 0.3) is 0 Å². The maximum atomic E-state index is 12.0. The molecule has 0 heterocycles. The molecule has 0 fully saturated rings. The summed E-state index contributed by atoms with van der Waals surface area (Å²) in [4.78, 5) is 23.1. The highest BCUT2D eigenvalue weighted by Gasteiger charge is 2.31. The Kier molecular flexibility index (Phi) is 6.45. The van der Waals surface area contributed by atoms with Gasteiger partial charge in [-0.15, -0.1) is 0 Å². The SMILES string of the molecule is CNC(CN)C(=O)NC(C)(C)CC(C)(C)NC(C)=O. The molecule has 6 nitrogen and oxygen atoms in total. The molecule has 0 aromatic heterocycles. The molecule has 0 aliphatic carbocycles. The minimum atomic E-state index is -0.437. The molecule has 112 valence electrons. The maximum absolute atomic E-state index is 12.0. The van der Waals surface area contributed by atoms with Crippen LogP contribution in [0.1, 0.15) is 41.0 Å². The minimum absolute atomic E-state index is 0.0813. The Hall–Kier alpha value is -1.14. The van der Waals surface area contributed by atoms with Crippen molar-refractivity contribution in [2.75, 3.05) is 13.6 Å². The smallest absolute Gasteiger partial charge is 0.238 e. The lowest BCUT2D eigenvalue weighted by Crippen LogP contribution is -2.57. The standard InChI is InChI=1S/C13H28N4O2/c1-9(18)16-12(2,3)8-13(4,5)17-11(19)10(7-14)15-6/h10,15H,7-8,14H2,1-6H3,(H,16,18)(H,17,19). The van der Waals surface area contributed by atoms with E-state index in [0.717, 1.165) is 0 Å². The van der Waals surface area contributed by atoms with E-state index in [9.17, 15) is 9.59 Å². The Morgan fingerprint density at radius 1 is 1.11 bits per heavy atom. The number of hydrogen-bond acceptors (Lipinski definition) is 4. The van der Waals surface area contributed by atoms with Gasteiger partial charge in [-0.1, -0.05) is 0 Å². The highest BCUT2D eigenvalue weighted by Crippen LogP contribution is 2.20. The van der Waals surface area contributed by atoms with Crippen LogP contribution in [0, 0.1) is 0 Å². The van der Waals surface area contributed by atoms with Gasteiger partial charge in [0.2, 0.25) is 11.8 Å². The zero-order valence-corrected chi connectivity index (χ0v) is 12.9. The number of likely N-dealkylation sites (N-methyl/N-ethyl adjacent to an activating group) is 1. The number of hydrogen-bond donors (Lipinski definition) is 4. The number of rotatable bonds is 7. The van der Waals surface area contributed by atoms with Gasteiger partial charge in [0.05, 0.1) is 6.04 Å². The van der Waals surface area contributed by atoms with E-state index in [4.69, 9.17) is 5.73 Å². The third-order valence-corrected chi connectivity index (χ3v) is 2.76. The lowest BCUT2D eigenvalue weighted by molar-refractivity contribution is -0.124. The van der Waals surface area contributed by atoms with Crippen molar-refractivity contribution >= 4 is 11.8 Å². The number of carbonyl (C=O) groups excluding carboxylic acids is 2. The molecule has 0 saturated heterocycles. The fourth-order valence-electron chi connectivity index (χ4n) is 2.45. The molecule has 0 aliphatic heterocycles. The highest BCUT2D eigenvalue weighted by atomic mass is 16.2. The summed E-state index contributed by atoms with van der Waals surface area (Å²) < 4.78 is 0. The summed E-state index contributed by atoms with van der Waals surface area (Å²) in [6.45, 7) is 9.45. The van der Waals surface area contributed by atoms with Crippen LogP contribution in [0.4, 0.5) is 0 Å². The molecular formula is C13H28N4O2. The van der Waals surface area contributed by atoms with Crippen LogP contribution in [-0.4, -0.2) is 42.5 Å². The second kappa shape index (κ2) is 6.86. The van der Waals surface area contributed by atoms with Crippen molar-refractivity contribution in [2.24, 2.45) is 5.73 Å². The molecule has 5 N–H and O–H groups in total. The average molecular weight is 272 g/mol. The van der Waals surface area contributed by atoms with Crippen molar-refractivity contribution in [3.05, 3.63) is 0 Å². The highest BCUT2D eigenvalue weighted by molar-refractivity contribution is 5.82. The van der Waals surface area contributed by atoms with Gasteiger partial charge in [0.15, 0.2) is 0 Å². The van der Waals surface area contributed by atoms with Crippen LogP contribution in [0.5, 0.6) is 0 Å². The van der Waals surface area contributed by atoms with Crippen LogP contribution in [0.2, 0.25) is 0 Å². The first kappa shape index (κ1) is 17.9. The number of carbonyl (C=O) groups is 2. The van der Waals surface area contributed by atoms with Crippen molar-refractivity contribution in [1.82, 2.24) is 16.0 Å². The van der Waals surface area contributed by atoms with E-state index >= 15 is 0 Å². The zero-order valence-electron chi connectivity index (χ0n) is 12.9. The second-order valence-electron chi connectivity index (χ2n) is 6.19. The predicted molar refractivity (Wildman–Crippen MR) is 76.6 cm³/mol. The summed E-state index contributed by atoms with van der Waals surface area (Å²) in [6, 6.07) is -0.400. The third kappa shape index (κ3) is 7.12. The van der Waals surface area contributed by atoms with Crippen LogP contribution in [0.3, 0.4) is 0 Å². The lowest BCUT2D eigenvalue weighted by atomic mass is 9.86. The van der Waals surface area contributed by atoms with Crippen molar-refractivity contribution in [3.63, 3.8) is 0 Å². The molecule has 0 spiro atoms. The van der Waals surface area contributed by atoms with E-state index < -0.39 is 11.6 Å². The van der Waals surface area contributed by atoms with E-state index in [2.05, 4.69) is 16.0 Å². The van der Waals surface area contributed by atoms with Gasteiger partial charge in [-0.3, -0.25) is 9.59 Å². The molecular weight excluding hydrogens is 244 g/mol. The molecule has 1 unspecified atom stereocenters. The van der Waals surface area contributed by atoms with Gasteiger partial charge in [-0.2, -0.15) is 0 Å². The van der Waals surface area contributed by atoms with Crippen LogP contribution >= 0.6 is 0 Å². The van der Waals surface area contributed by atoms with Crippen LogP contribution < -0.4 is 21.7 Å². The van der Waals surface area contributed by atoms with Crippen LogP contribution in [0.25, 0.3) is 0 Å². The first-order valence-corrected chi connectivity index (χ1v) is 6.51. The van der Waals surface area contributed by atoms with Gasteiger partial charge in [-0.05, 0) is 41.2 Å². The molecule has 6 heteroatoms. The van der Waals surface area contributed by atoms with E-state index in [1.165, 1.54) is 6.92 Å². The Bertz CT molecular complexity index is 323. The van der Waals surface area contributed by atoms with Crippen molar-refractivity contribution in [3.8, 4) is 0 Å². The largest absolute Gasteiger partial charge is 0.351 e. The van der Waals surface area contributed by atoms with Gasteiger partial charge < -0.3 is 21.7 Å². The molecule has 0 bridgehead atoms. The third-order valence-electron chi connectivity index (χ3n) is 2.76.